The third-order valence-corrected chi connectivity index (χ3v) is 5.84. The first-order chi connectivity index (χ1) is 15.5. The highest BCUT2D eigenvalue weighted by atomic mass is 16.6. The highest BCUT2D eigenvalue weighted by Crippen LogP contribution is 2.39. The summed E-state index contributed by atoms with van der Waals surface area (Å²) in [7, 11) is 0. The van der Waals surface area contributed by atoms with Gasteiger partial charge in [-0.25, -0.2) is 0 Å². The lowest BCUT2D eigenvalue weighted by Gasteiger charge is -2.43. The molecule has 2 amide bonds. The molecule has 0 fully saturated rings. The number of fused-ring (bicyclic) bond motifs is 2. The fraction of sp³-hybridized carbons (Fsp3) is 0.292. The van der Waals surface area contributed by atoms with Crippen LogP contribution in [-0.2, 0) is 17.9 Å². The number of hydrogen-bond acceptors (Lipinski definition) is 5. The average molecular weight is 432 g/mol. The van der Waals surface area contributed by atoms with Crippen LogP contribution in [0.25, 0.3) is 0 Å². The molecule has 1 aromatic heterocycles. The molecule has 164 valence electrons. The van der Waals surface area contributed by atoms with Crippen molar-refractivity contribution in [3.63, 3.8) is 0 Å². The van der Waals surface area contributed by atoms with Crippen LogP contribution in [0.5, 0.6) is 11.5 Å². The lowest BCUT2D eigenvalue weighted by Crippen LogP contribution is -2.64. The molecule has 8 nitrogen and oxygen atoms in total. The number of carbonyl (C=O) groups is 2. The number of carbonyl (C=O) groups excluding carboxylic acids is 2. The highest BCUT2D eigenvalue weighted by Gasteiger charge is 2.49. The minimum Gasteiger partial charge on any atom is -0.486 e. The molecule has 32 heavy (non-hydrogen) atoms. The van der Waals surface area contributed by atoms with E-state index in [4.69, 9.17) is 9.47 Å². The Bertz CT molecular complexity index is 1190. The number of rotatable bonds is 4. The van der Waals surface area contributed by atoms with Gasteiger partial charge >= 0.3 is 0 Å². The first-order valence-corrected chi connectivity index (χ1v) is 10.6. The zero-order valence-corrected chi connectivity index (χ0v) is 18.0. The van der Waals surface area contributed by atoms with Crippen molar-refractivity contribution in [2.45, 2.75) is 32.5 Å². The first kappa shape index (κ1) is 20.1. The fourth-order valence-electron chi connectivity index (χ4n) is 4.25. The van der Waals surface area contributed by atoms with Crippen molar-refractivity contribution >= 4 is 17.5 Å². The topological polar surface area (TPSA) is 85.7 Å². The van der Waals surface area contributed by atoms with Gasteiger partial charge in [-0.2, -0.15) is 5.10 Å². The second-order valence-electron chi connectivity index (χ2n) is 8.24. The number of nitrogens with one attached hydrogen (secondary N) is 1. The molecule has 1 N–H and O–H groups in total. The van der Waals surface area contributed by atoms with Gasteiger partial charge in [0.05, 0.1) is 12.2 Å². The molecule has 3 aromatic rings. The van der Waals surface area contributed by atoms with E-state index in [0.717, 1.165) is 11.3 Å². The van der Waals surface area contributed by atoms with Gasteiger partial charge in [-0.05, 0) is 37.6 Å². The molecule has 2 aliphatic rings. The van der Waals surface area contributed by atoms with Crippen molar-refractivity contribution in [1.82, 2.24) is 15.1 Å². The van der Waals surface area contributed by atoms with E-state index < -0.39 is 5.54 Å². The van der Waals surface area contributed by atoms with Crippen molar-refractivity contribution in [2.75, 3.05) is 18.1 Å². The van der Waals surface area contributed by atoms with Gasteiger partial charge in [0.1, 0.15) is 24.4 Å². The normalized spacial score (nSPS) is 19.4. The number of benzene rings is 2. The molecule has 2 aliphatic heterocycles. The van der Waals surface area contributed by atoms with E-state index in [2.05, 4.69) is 10.4 Å². The summed E-state index contributed by atoms with van der Waals surface area (Å²) >= 11 is 0. The van der Waals surface area contributed by atoms with E-state index in [0.29, 0.717) is 42.6 Å². The van der Waals surface area contributed by atoms with E-state index in [1.54, 1.807) is 40.8 Å². The molecule has 1 atom stereocenters. The van der Waals surface area contributed by atoms with Gasteiger partial charge in [0.25, 0.3) is 5.91 Å². The largest absolute Gasteiger partial charge is 0.486 e. The smallest absolute Gasteiger partial charge is 0.277 e. The number of nitrogens with zero attached hydrogens (tertiary/aromatic N) is 3. The fourth-order valence-corrected chi connectivity index (χ4v) is 4.25. The number of hydrogen-bond donors (Lipinski definition) is 1. The number of ether oxygens (including phenoxy) is 2. The van der Waals surface area contributed by atoms with E-state index in [1.165, 1.54) is 0 Å². The molecule has 5 rings (SSSR count). The maximum Gasteiger partial charge on any atom is 0.277 e. The summed E-state index contributed by atoms with van der Waals surface area (Å²) in [4.78, 5) is 28.7. The Morgan fingerprint density at radius 2 is 1.84 bits per heavy atom. The van der Waals surface area contributed by atoms with Gasteiger partial charge in [0, 0.05) is 18.3 Å². The van der Waals surface area contributed by atoms with Crippen LogP contribution in [-0.4, -0.2) is 40.3 Å². The second kappa shape index (κ2) is 7.71. The number of aromatic nitrogens is 2. The van der Waals surface area contributed by atoms with Gasteiger partial charge < -0.3 is 14.8 Å². The number of amides is 2. The van der Waals surface area contributed by atoms with Crippen LogP contribution in [0, 0.1) is 6.92 Å². The summed E-state index contributed by atoms with van der Waals surface area (Å²) in [6.45, 7) is 5.11. The van der Waals surface area contributed by atoms with E-state index in [1.807, 2.05) is 37.3 Å². The van der Waals surface area contributed by atoms with Crippen molar-refractivity contribution in [3.05, 3.63) is 71.5 Å². The maximum atomic E-state index is 13.6. The zero-order valence-electron chi connectivity index (χ0n) is 18.0. The molecule has 0 saturated heterocycles. The summed E-state index contributed by atoms with van der Waals surface area (Å²) in [5, 5.41) is 7.44. The minimum absolute atomic E-state index is 0.233. The minimum atomic E-state index is -1.19. The maximum absolute atomic E-state index is 13.6. The Balaban J connectivity index is 1.53. The number of aryl methyl sites for hydroxylation is 1. The lowest BCUT2D eigenvalue weighted by molar-refractivity contribution is -0.126. The highest BCUT2D eigenvalue weighted by molar-refractivity contribution is 6.12. The SMILES string of the molecule is Cc1cc2n(n1)C[C@@](C)(C(=O)NCc1ccccc1)N(c1ccc3c(c1)OCCO3)C2=O. The Kier molecular flexibility index (Phi) is 4.84. The third-order valence-electron chi connectivity index (χ3n) is 5.84. The third kappa shape index (κ3) is 3.37. The summed E-state index contributed by atoms with van der Waals surface area (Å²) in [5.74, 6) is 0.638. The second-order valence-corrected chi connectivity index (χ2v) is 8.24. The standard InChI is InChI=1S/C24H24N4O4/c1-16-12-19-22(29)28(18-8-9-20-21(13-18)32-11-10-31-20)24(2,15-27(19)26-16)23(30)25-14-17-6-4-3-5-7-17/h3-9,12-13H,10-11,14-15H2,1-2H3,(H,25,30)/t24-/m0/s1. The van der Waals surface area contributed by atoms with E-state index in [-0.39, 0.29) is 18.4 Å². The van der Waals surface area contributed by atoms with Gasteiger partial charge in [-0.15, -0.1) is 0 Å². The Morgan fingerprint density at radius 3 is 2.62 bits per heavy atom. The monoisotopic (exact) mass is 432 g/mol. The van der Waals surface area contributed by atoms with Crippen LogP contribution in [0.3, 0.4) is 0 Å². The molecule has 0 radical (unpaired) electrons. The molecule has 2 aromatic carbocycles. The molecule has 3 heterocycles. The van der Waals surface area contributed by atoms with Crippen LogP contribution in [0.2, 0.25) is 0 Å². The Morgan fingerprint density at radius 1 is 1.09 bits per heavy atom. The molecule has 0 unspecified atom stereocenters. The molecular weight excluding hydrogens is 408 g/mol. The first-order valence-electron chi connectivity index (χ1n) is 10.6. The molecule has 0 spiro atoms. The van der Waals surface area contributed by atoms with Crippen LogP contribution in [0.15, 0.2) is 54.6 Å². The Hall–Kier alpha value is -3.81. The van der Waals surface area contributed by atoms with Crippen LogP contribution in [0.4, 0.5) is 5.69 Å². The molecule has 0 aliphatic carbocycles. The van der Waals surface area contributed by atoms with Crippen molar-refractivity contribution in [3.8, 4) is 11.5 Å². The predicted octanol–water partition coefficient (Wildman–Crippen LogP) is 2.70. The van der Waals surface area contributed by atoms with E-state index in [9.17, 15) is 9.59 Å². The van der Waals surface area contributed by atoms with Crippen molar-refractivity contribution < 1.29 is 19.1 Å². The molecule has 8 heteroatoms. The van der Waals surface area contributed by atoms with Gasteiger partial charge in [0.2, 0.25) is 5.91 Å². The molecular formula is C24H24N4O4. The summed E-state index contributed by atoms with van der Waals surface area (Å²) in [5.41, 5.74) is 1.53. The lowest BCUT2D eigenvalue weighted by atomic mass is 9.93. The summed E-state index contributed by atoms with van der Waals surface area (Å²) < 4.78 is 13.0. The van der Waals surface area contributed by atoms with E-state index >= 15 is 0 Å². The van der Waals surface area contributed by atoms with Gasteiger partial charge in [-0.3, -0.25) is 19.2 Å². The van der Waals surface area contributed by atoms with Gasteiger partial charge in [-0.1, -0.05) is 30.3 Å². The van der Waals surface area contributed by atoms with Gasteiger partial charge in [0.15, 0.2) is 11.5 Å². The quantitative estimate of drug-likeness (QED) is 0.685. The summed E-state index contributed by atoms with van der Waals surface area (Å²) in [6.07, 6.45) is 0. The van der Waals surface area contributed by atoms with Crippen LogP contribution >= 0.6 is 0 Å². The van der Waals surface area contributed by atoms with Crippen LogP contribution < -0.4 is 19.7 Å². The van der Waals surface area contributed by atoms with Crippen molar-refractivity contribution in [1.29, 1.82) is 0 Å². The summed E-state index contributed by atoms with van der Waals surface area (Å²) in [6, 6.07) is 16.7. The van der Waals surface area contributed by atoms with Crippen LogP contribution in [0.1, 0.15) is 28.7 Å². The van der Waals surface area contributed by atoms with Crippen molar-refractivity contribution in [2.24, 2.45) is 0 Å². The molecule has 0 bridgehead atoms. The predicted molar refractivity (Wildman–Crippen MR) is 118 cm³/mol. The molecule has 0 saturated carbocycles. The Labute approximate surface area is 185 Å². The zero-order chi connectivity index (χ0) is 22.3. The number of anilines is 1. The average Bonchev–Trinajstić information content (AvgIpc) is 3.18.